The third-order valence-corrected chi connectivity index (χ3v) is 3.80. The minimum Gasteiger partial charge on any atom is -0.478 e. The number of fused-ring (bicyclic) bond motifs is 1. The van der Waals surface area contributed by atoms with E-state index in [9.17, 15) is 9.90 Å². The fourth-order valence-corrected chi connectivity index (χ4v) is 2.72. The van der Waals surface area contributed by atoms with Gasteiger partial charge in [0.2, 0.25) is 0 Å². The van der Waals surface area contributed by atoms with Crippen molar-refractivity contribution in [2.75, 3.05) is 18.5 Å². The summed E-state index contributed by atoms with van der Waals surface area (Å²) in [5, 5.41) is 13.4. The summed E-state index contributed by atoms with van der Waals surface area (Å²) < 4.78 is 5.59. The molecule has 0 bridgehead atoms. The molecule has 0 amide bonds. The maximum Gasteiger partial charge on any atom is 0.339 e. The predicted octanol–water partition coefficient (Wildman–Crippen LogP) is 2.91. The zero-order valence-corrected chi connectivity index (χ0v) is 11.7. The molecule has 0 spiro atoms. The number of hydrogen-bond acceptors (Lipinski definition) is 4. The highest BCUT2D eigenvalue weighted by Crippen LogP contribution is 2.26. The molecule has 110 valence electrons. The Kier molecular flexibility index (Phi) is 4.01. The first-order chi connectivity index (χ1) is 10.3. The highest BCUT2D eigenvalue weighted by atomic mass is 16.5. The van der Waals surface area contributed by atoms with Crippen LogP contribution in [-0.4, -0.2) is 35.3 Å². The highest BCUT2D eigenvalue weighted by Gasteiger charge is 2.17. The molecule has 5 nitrogen and oxygen atoms in total. The Morgan fingerprint density at radius 3 is 3.05 bits per heavy atom. The minimum absolute atomic E-state index is 0.209. The van der Waals surface area contributed by atoms with Crippen molar-refractivity contribution >= 4 is 22.6 Å². The maximum atomic E-state index is 11.4. The van der Waals surface area contributed by atoms with E-state index in [1.807, 2.05) is 24.3 Å². The van der Waals surface area contributed by atoms with Gasteiger partial charge in [-0.3, -0.25) is 4.98 Å². The molecule has 1 aliphatic heterocycles. The summed E-state index contributed by atoms with van der Waals surface area (Å²) in [6, 6.07) is 7.56. The monoisotopic (exact) mass is 286 g/mol. The Balaban J connectivity index is 1.83. The van der Waals surface area contributed by atoms with Crippen molar-refractivity contribution in [2.45, 2.75) is 25.4 Å². The zero-order chi connectivity index (χ0) is 14.7. The topological polar surface area (TPSA) is 71.5 Å². The van der Waals surface area contributed by atoms with Crippen LogP contribution in [0.5, 0.6) is 0 Å². The average molecular weight is 286 g/mol. The van der Waals surface area contributed by atoms with Crippen molar-refractivity contribution in [2.24, 2.45) is 0 Å². The molecule has 3 rings (SSSR count). The van der Waals surface area contributed by atoms with E-state index in [2.05, 4.69) is 10.3 Å². The number of rotatable bonds is 5. The van der Waals surface area contributed by atoms with Crippen molar-refractivity contribution in [3.8, 4) is 0 Å². The van der Waals surface area contributed by atoms with E-state index in [-0.39, 0.29) is 5.56 Å². The number of nitrogens with zero attached hydrogens (tertiary/aromatic N) is 1. The van der Waals surface area contributed by atoms with Crippen molar-refractivity contribution < 1.29 is 14.6 Å². The molecule has 2 N–H and O–H groups in total. The lowest BCUT2D eigenvalue weighted by Crippen LogP contribution is -2.14. The molecule has 1 saturated heterocycles. The second-order valence-corrected chi connectivity index (χ2v) is 5.22. The Morgan fingerprint density at radius 1 is 1.43 bits per heavy atom. The van der Waals surface area contributed by atoms with Crippen LogP contribution >= 0.6 is 0 Å². The van der Waals surface area contributed by atoms with Gasteiger partial charge in [-0.2, -0.15) is 0 Å². The van der Waals surface area contributed by atoms with Gasteiger partial charge in [-0.25, -0.2) is 4.79 Å². The van der Waals surface area contributed by atoms with Gasteiger partial charge in [-0.15, -0.1) is 0 Å². The quantitative estimate of drug-likeness (QED) is 0.884. The van der Waals surface area contributed by atoms with Crippen LogP contribution in [-0.2, 0) is 4.74 Å². The van der Waals surface area contributed by atoms with E-state index < -0.39 is 5.97 Å². The minimum atomic E-state index is -0.965. The number of benzene rings is 1. The normalized spacial score (nSPS) is 18.0. The summed E-state index contributed by atoms with van der Waals surface area (Å²) in [5.41, 5.74) is 1.65. The van der Waals surface area contributed by atoms with Crippen molar-refractivity contribution in [1.29, 1.82) is 0 Å². The second kappa shape index (κ2) is 6.10. The standard InChI is InChI=1S/C16H18N2O3/c19-16(20)13-10-18-14-6-2-1-5-12(14)15(13)17-8-7-11-4-3-9-21-11/h1-2,5-6,10-11H,3-4,7-9H2,(H,17,18)(H,19,20). The van der Waals surface area contributed by atoms with Gasteiger partial charge in [0.25, 0.3) is 0 Å². The average Bonchev–Trinajstić information content (AvgIpc) is 3.00. The number of carbonyl (C=O) groups is 1. The fraction of sp³-hybridized carbons (Fsp3) is 0.375. The Labute approximate surface area is 123 Å². The van der Waals surface area contributed by atoms with Crippen LogP contribution in [0.2, 0.25) is 0 Å². The van der Waals surface area contributed by atoms with Gasteiger partial charge < -0.3 is 15.2 Å². The largest absolute Gasteiger partial charge is 0.478 e. The molecule has 1 atom stereocenters. The van der Waals surface area contributed by atoms with Gasteiger partial charge in [0.15, 0.2) is 0 Å². The lowest BCUT2D eigenvalue weighted by Gasteiger charge is -2.14. The number of aromatic carboxylic acids is 1. The van der Waals surface area contributed by atoms with Crippen molar-refractivity contribution in [3.63, 3.8) is 0 Å². The summed E-state index contributed by atoms with van der Waals surface area (Å²) >= 11 is 0. The van der Waals surface area contributed by atoms with Crippen LogP contribution in [0.4, 0.5) is 5.69 Å². The Hall–Kier alpha value is -2.14. The van der Waals surface area contributed by atoms with Crippen LogP contribution in [0.3, 0.4) is 0 Å². The number of nitrogens with one attached hydrogen (secondary N) is 1. The molecular weight excluding hydrogens is 268 g/mol. The van der Waals surface area contributed by atoms with E-state index >= 15 is 0 Å². The van der Waals surface area contributed by atoms with Gasteiger partial charge in [0.05, 0.1) is 17.3 Å². The number of pyridine rings is 1. The third kappa shape index (κ3) is 2.97. The maximum absolute atomic E-state index is 11.4. The van der Waals surface area contributed by atoms with Crippen LogP contribution in [0.15, 0.2) is 30.5 Å². The Morgan fingerprint density at radius 2 is 2.29 bits per heavy atom. The van der Waals surface area contributed by atoms with Gasteiger partial charge >= 0.3 is 5.97 Å². The second-order valence-electron chi connectivity index (χ2n) is 5.22. The molecule has 0 aliphatic carbocycles. The number of ether oxygens (including phenoxy) is 1. The summed E-state index contributed by atoms with van der Waals surface area (Å²) in [6.07, 6.45) is 4.79. The van der Waals surface area contributed by atoms with Crippen LogP contribution < -0.4 is 5.32 Å². The number of para-hydroxylation sites is 1. The molecule has 1 aromatic carbocycles. The molecule has 0 saturated carbocycles. The first-order valence-corrected chi connectivity index (χ1v) is 7.22. The number of carboxylic acid groups (broad SMARTS) is 1. The van der Waals surface area contributed by atoms with Gasteiger partial charge in [-0.05, 0) is 25.3 Å². The smallest absolute Gasteiger partial charge is 0.339 e. The Bertz CT molecular complexity index is 651. The molecule has 1 fully saturated rings. The lowest BCUT2D eigenvalue weighted by molar-refractivity contribution is 0.0697. The fourth-order valence-electron chi connectivity index (χ4n) is 2.72. The summed E-state index contributed by atoms with van der Waals surface area (Å²) in [4.78, 5) is 15.6. The van der Waals surface area contributed by atoms with Gasteiger partial charge in [0, 0.05) is 24.7 Å². The number of carboxylic acids is 1. The van der Waals surface area contributed by atoms with Crippen LogP contribution in [0.1, 0.15) is 29.6 Å². The van der Waals surface area contributed by atoms with Crippen molar-refractivity contribution in [3.05, 3.63) is 36.0 Å². The molecule has 1 aliphatic rings. The first kappa shape index (κ1) is 13.8. The number of anilines is 1. The van der Waals surface area contributed by atoms with E-state index in [0.717, 1.165) is 36.8 Å². The van der Waals surface area contributed by atoms with E-state index in [4.69, 9.17) is 4.74 Å². The SMILES string of the molecule is O=C(O)c1cnc2ccccc2c1NCCC1CCCO1. The summed E-state index contributed by atoms with van der Waals surface area (Å²) in [7, 11) is 0. The predicted molar refractivity (Wildman–Crippen MR) is 80.8 cm³/mol. The highest BCUT2D eigenvalue weighted by molar-refractivity contribution is 6.04. The molecule has 0 radical (unpaired) electrons. The van der Waals surface area contributed by atoms with Gasteiger partial charge in [-0.1, -0.05) is 18.2 Å². The van der Waals surface area contributed by atoms with Gasteiger partial charge in [0.1, 0.15) is 5.56 Å². The zero-order valence-electron chi connectivity index (χ0n) is 11.7. The van der Waals surface area contributed by atoms with E-state index in [1.165, 1.54) is 6.20 Å². The third-order valence-electron chi connectivity index (χ3n) is 3.80. The van der Waals surface area contributed by atoms with Crippen LogP contribution in [0, 0.1) is 0 Å². The van der Waals surface area contributed by atoms with Crippen LogP contribution in [0.25, 0.3) is 10.9 Å². The van der Waals surface area contributed by atoms with E-state index in [0.29, 0.717) is 18.3 Å². The molecule has 5 heteroatoms. The number of aromatic nitrogens is 1. The summed E-state index contributed by atoms with van der Waals surface area (Å²) in [6.45, 7) is 1.53. The van der Waals surface area contributed by atoms with Crippen molar-refractivity contribution in [1.82, 2.24) is 4.98 Å². The molecule has 21 heavy (non-hydrogen) atoms. The molecule has 1 unspecified atom stereocenters. The summed E-state index contributed by atoms with van der Waals surface area (Å²) in [5.74, 6) is -0.965. The molecule has 2 aromatic rings. The van der Waals surface area contributed by atoms with E-state index in [1.54, 1.807) is 0 Å². The first-order valence-electron chi connectivity index (χ1n) is 7.22. The number of hydrogen-bond donors (Lipinski definition) is 2. The molecule has 1 aromatic heterocycles. The molecule has 2 heterocycles. The molecular formula is C16H18N2O3. The lowest BCUT2D eigenvalue weighted by atomic mass is 10.1.